The van der Waals surface area contributed by atoms with Crippen LogP contribution in [0.2, 0.25) is 0 Å². The highest BCUT2D eigenvalue weighted by atomic mass is 19.1. The number of carbonyl (C=O) groups is 1. The Labute approximate surface area is 130 Å². The van der Waals surface area contributed by atoms with Crippen LogP contribution in [0, 0.1) is 11.7 Å². The van der Waals surface area contributed by atoms with Crippen molar-refractivity contribution in [1.29, 1.82) is 0 Å². The summed E-state index contributed by atoms with van der Waals surface area (Å²) in [6.45, 7) is 7.99. The molecule has 0 spiro atoms. The van der Waals surface area contributed by atoms with Crippen LogP contribution in [0.3, 0.4) is 0 Å². The number of benzene rings is 1. The molecule has 5 nitrogen and oxygen atoms in total. The first-order chi connectivity index (χ1) is 10.7. The van der Waals surface area contributed by atoms with Gasteiger partial charge in [0.05, 0.1) is 13.2 Å². The van der Waals surface area contributed by atoms with E-state index in [4.69, 9.17) is 9.94 Å². The highest BCUT2D eigenvalue weighted by Gasteiger charge is 2.26. The Hall–Kier alpha value is -1.50. The van der Waals surface area contributed by atoms with Gasteiger partial charge in [-0.1, -0.05) is 13.8 Å². The molecule has 2 aliphatic rings. The molecule has 0 aliphatic carbocycles. The van der Waals surface area contributed by atoms with Crippen molar-refractivity contribution in [1.82, 2.24) is 10.4 Å². The molecule has 0 radical (unpaired) electrons. The summed E-state index contributed by atoms with van der Waals surface area (Å²) in [6.07, 6.45) is 0.649. The van der Waals surface area contributed by atoms with E-state index in [1.54, 1.807) is 11.5 Å². The van der Waals surface area contributed by atoms with Crippen LogP contribution < -0.4 is 5.48 Å². The topological polar surface area (TPSA) is 61.8 Å². The van der Waals surface area contributed by atoms with Crippen molar-refractivity contribution in [2.75, 3.05) is 26.3 Å². The molecule has 0 aromatic heterocycles. The molecule has 0 saturated carbocycles. The fraction of sp³-hybridized carbons (Fsp3) is 0.562. The summed E-state index contributed by atoms with van der Waals surface area (Å²) in [4.78, 5) is 13.7. The largest absolute Gasteiger partial charge is 0.381 e. The summed E-state index contributed by atoms with van der Waals surface area (Å²) in [5.74, 6) is -0.491. The van der Waals surface area contributed by atoms with Crippen LogP contribution in [0.1, 0.15) is 35.3 Å². The molecule has 1 fully saturated rings. The monoisotopic (exact) mass is 310 g/mol. The van der Waals surface area contributed by atoms with E-state index in [9.17, 15) is 9.18 Å². The predicted octanol–water partition coefficient (Wildman–Crippen LogP) is 1.98. The lowest BCUT2D eigenvalue weighted by Gasteiger charge is -2.35. The minimum absolute atomic E-state index is 0.151. The van der Waals surface area contributed by atoms with E-state index in [0.29, 0.717) is 24.4 Å². The number of nitrogens with zero attached hydrogens (tertiary/aromatic N) is 1. The van der Waals surface area contributed by atoms with E-state index in [1.165, 1.54) is 6.07 Å². The summed E-state index contributed by atoms with van der Waals surface area (Å²) in [5, 5.41) is 8.65. The van der Waals surface area contributed by atoms with Gasteiger partial charge in [-0.2, -0.15) is 0 Å². The lowest BCUT2D eigenvalue weighted by Crippen LogP contribution is -2.41. The average Bonchev–Trinajstić information content (AvgIpc) is 2.51. The molecule has 2 N–H and O–H groups in total. The number of nitrogens with one attached hydrogen (secondary N) is 1. The van der Waals surface area contributed by atoms with E-state index < -0.39 is 5.91 Å². The van der Waals surface area contributed by atoms with Crippen molar-refractivity contribution in [2.24, 2.45) is 5.92 Å². The molecular formula is C16H23FN2O3. The van der Waals surface area contributed by atoms with Crippen LogP contribution in [0.4, 0.5) is 4.39 Å². The molecule has 3 rings (SSSR count). The van der Waals surface area contributed by atoms with Crippen LogP contribution in [0.25, 0.3) is 0 Å². The normalized spacial score (nSPS) is 17.8. The van der Waals surface area contributed by atoms with Crippen LogP contribution >= 0.6 is 0 Å². The van der Waals surface area contributed by atoms with Crippen LogP contribution in [0.5, 0.6) is 0 Å². The van der Waals surface area contributed by atoms with Gasteiger partial charge in [0.15, 0.2) is 0 Å². The number of rotatable bonds is 3. The third-order valence-corrected chi connectivity index (χ3v) is 3.95. The first kappa shape index (κ1) is 16.9. The molecule has 2 aliphatic heterocycles. The zero-order valence-corrected chi connectivity index (χ0v) is 13.1. The Morgan fingerprint density at radius 1 is 1.45 bits per heavy atom. The van der Waals surface area contributed by atoms with Gasteiger partial charge in [0.25, 0.3) is 5.91 Å². The van der Waals surface area contributed by atoms with Crippen LogP contribution in [-0.4, -0.2) is 42.3 Å². The van der Waals surface area contributed by atoms with Gasteiger partial charge in [-0.3, -0.25) is 14.9 Å². The zero-order valence-electron chi connectivity index (χ0n) is 13.1. The lowest BCUT2D eigenvalue weighted by atomic mass is 9.95. The second-order valence-corrected chi connectivity index (χ2v) is 5.43. The standard InChI is InChI=1S/C14H17FN2O3.C2H6/c15-13-4-10(14(18)16-19)3-11-6-17(2-1-12(11)13)5-9-7-20-8-9;1-2/h3-4,9,19H,1-2,5-8H2,(H,16,18);1-2H3. The van der Waals surface area contributed by atoms with Crippen molar-refractivity contribution in [2.45, 2.75) is 26.8 Å². The molecule has 0 unspecified atom stereocenters. The van der Waals surface area contributed by atoms with E-state index in [1.807, 2.05) is 13.8 Å². The Morgan fingerprint density at radius 3 is 2.77 bits per heavy atom. The van der Waals surface area contributed by atoms with Gasteiger partial charge < -0.3 is 4.74 Å². The maximum absolute atomic E-state index is 14.0. The third-order valence-electron chi connectivity index (χ3n) is 3.95. The first-order valence-electron chi connectivity index (χ1n) is 7.73. The Balaban J connectivity index is 0.000000847. The number of hydroxylamine groups is 1. The fourth-order valence-corrected chi connectivity index (χ4v) is 2.81. The van der Waals surface area contributed by atoms with Crippen LogP contribution in [0.15, 0.2) is 12.1 Å². The zero-order chi connectivity index (χ0) is 16.1. The average molecular weight is 310 g/mol. The Bertz CT molecular complexity index is 532. The second kappa shape index (κ2) is 7.67. The molecule has 6 heteroatoms. The van der Waals surface area contributed by atoms with Crippen molar-refractivity contribution < 1.29 is 19.1 Å². The van der Waals surface area contributed by atoms with Gasteiger partial charge in [0.2, 0.25) is 0 Å². The van der Waals surface area contributed by atoms with Crippen molar-refractivity contribution >= 4 is 5.91 Å². The third kappa shape index (κ3) is 3.63. The van der Waals surface area contributed by atoms with E-state index in [0.717, 1.165) is 31.9 Å². The van der Waals surface area contributed by atoms with Gasteiger partial charge >= 0.3 is 0 Å². The maximum Gasteiger partial charge on any atom is 0.274 e. The number of hydrogen-bond donors (Lipinski definition) is 2. The lowest BCUT2D eigenvalue weighted by molar-refractivity contribution is -0.0480. The molecule has 1 aromatic carbocycles. The number of fused-ring (bicyclic) bond motifs is 1. The highest BCUT2D eigenvalue weighted by Crippen LogP contribution is 2.25. The number of ether oxygens (including phenoxy) is 1. The number of halogens is 1. The predicted molar refractivity (Wildman–Crippen MR) is 80.3 cm³/mol. The molecule has 2 heterocycles. The van der Waals surface area contributed by atoms with E-state index in [-0.39, 0.29) is 11.4 Å². The molecule has 1 amide bonds. The smallest absolute Gasteiger partial charge is 0.274 e. The SMILES string of the molecule is CC.O=C(NO)c1cc(F)c2c(c1)CN(CC1COC1)CC2. The second-order valence-electron chi connectivity index (χ2n) is 5.43. The summed E-state index contributed by atoms with van der Waals surface area (Å²) < 4.78 is 19.2. The van der Waals surface area contributed by atoms with Crippen molar-refractivity contribution in [3.05, 3.63) is 34.6 Å². The highest BCUT2D eigenvalue weighted by molar-refractivity contribution is 5.93. The minimum Gasteiger partial charge on any atom is -0.381 e. The van der Waals surface area contributed by atoms with E-state index >= 15 is 0 Å². The minimum atomic E-state index is -0.684. The summed E-state index contributed by atoms with van der Waals surface area (Å²) in [7, 11) is 0. The summed E-state index contributed by atoms with van der Waals surface area (Å²) in [6, 6.07) is 2.84. The molecule has 122 valence electrons. The van der Waals surface area contributed by atoms with Gasteiger partial charge in [-0.05, 0) is 29.7 Å². The van der Waals surface area contributed by atoms with E-state index in [2.05, 4.69) is 4.90 Å². The van der Waals surface area contributed by atoms with Crippen molar-refractivity contribution in [3.63, 3.8) is 0 Å². The van der Waals surface area contributed by atoms with Gasteiger partial charge in [-0.15, -0.1) is 0 Å². The Kier molecular flexibility index (Phi) is 5.88. The van der Waals surface area contributed by atoms with Crippen molar-refractivity contribution in [3.8, 4) is 0 Å². The molecule has 1 aromatic rings. The van der Waals surface area contributed by atoms with Crippen LogP contribution in [-0.2, 0) is 17.7 Å². The van der Waals surface area contributed by atoms with Gasteiger partial charge in [0, 0.05) is 31.1 Å². The quantitative estimate of drug-likeness (QED) is 0.662. The maximum atomic E-state index is 14.0. The first-order valence-corrected chi connectivity index (χ1v) is 7.73. The molecule has 0 atom stereocenters. The number of amides is 1. The fourth-order valence-electron chi connectivity index (χ4n) is 2.81. The molecule has 1 saturated heterocycles. The number of carbonyl (C=O) groups excluding carboxylic acids is 1. The summed E-state index contributed by atoms with van der Waals surface area (Å²) in [5.41, 5.74) is 3.20. The molecular weight excluding hydrogens is 287 g/mol. The van der Waals surface area contributed by atoms with Gasteiger partial charge in [-0.25, -0.2) is 9.87 Å². The molecule has 22 heavy (non-hydrogen) atoms. The Morgan fingerprint density at radius 2 is 2.18 bits per heavy atom. The van der Waals surface area contributed by atoms with Gasteiger partial charge in [0.1, 0.15) is 5.82 Å². The summed E-state index contributed by atoms with van der Waals surface area (Å²) >= 11 is 0. The number of hydrogen-bond acceptors (Lipinski definition) is 4. The molecule has 0 bridgehead atoms.